The molecular formula is C25H21F3O8S. The maximum atomic E-state index is 12.7. The van der Waals surface area contributed by atoms with Crippen LogP contribution < -0.4 is 15.3 Å². The second-order valence-corrected chi connectivity index (χ2v) is 9.39. The summed E-state index contributed by atoms with van der Waals surface area (Å²) in [6, 6.07) is 12.2. The largest absolute Gasteiger partial charge is 0.573 e. The van der Waals surface area contributed by atoms with E-state index in [1.807, 2.05) is 0 Å². The number of carbonyl (C=O) groups is 2. The first kappa shape index (κ1) is 26.6. The molecule has 0 amide bonds. The van der Waals surface area contributed by atoms with E-state index >= 15 is 0 Å². The molecule has 2 aromatic carbocycles. The maximum absolute atomic E-state index is 12.7. The SMILES string of the molecule is Cc1oc(=O)oc1COC(COc1ccc(CC2SC(=O)CC2=O)cc1)c1cccc(OC(F)(F)F)c1. The van der Waals surface area contributed by atoms with Crippen LogP contribution >= 0.6 is 11.8 Å². The van der Waals surface area contributed by atoms with E-state index in [4.69, 9.17) is 18.3 Å². The molecule has 2 atom stereocenters. The number of carbonyl (C=O) groups excluding carboxylic acids is 2. The molecule has 1 fully saturated rings. The van der Waals surface area contributed by atoms with Crippen LogP contribution in [0.3, 0.4) is 0 Å². The molecule has 0 bridgehead atoms. The molecule has 0 saturated carbocycles. The van der Waals surface area contributed by atoms with Crippen LogP contribution in [0.5, 0.6) is 11.5 Å². The van der Waals surface area contributed by atoms with Crippen LogP contribution in [0.2, 0.25) is 0 Å². The summed E-state index contributed by atoms with van der Waals surface area (Å²) in [6.45, 7) is 1.23. The topological polar surface area (TPSA) is 105 Å². The lowest BCUT2D eigenvalue weighted by Gasteiger charge is -2.20. The summed E-state index contributed by atoms with van der Waals surface area (Å²) in [7, 11) is 0. The quantitative estimate of drug-likeness (QED) is 0.333. The van der Waals surface area contributed by atoms with Crippen molar-refractivity contribution in [3.63, 3.8) is 0 Å². The number of hydrogen-bond acceptors (Lipinski definition) is 9. The van der Waals surface area contributed by atoms with Gasteiger partial charge in [-0.3, -0.25) is 9.59 Å². The van der Waals surface area contributed by atoms with Gasteiger partial charge in [-0.1, -0.05) is 36.0 Å². The molecule has 196 valence electrons. The van der Waals surface area contributed by atoms with Crippen LogP contribution in [0.4, 0.5) is 13.2 Å². The van der Waals surface area contributed by atoms with Crippen molar-refractivity contribution in [2.45, 2.75) is 44.1 Å². The summed E-state index contributed by atoms with van der Waals surface area (Å²) in [5, 5.41) is -0.523. The standard InChI is InChI=1S/C25H21F3O8S/c1-14-20(35-24(31)34-14)12-33-21(16-3-2-4-18(10-16)36-25(26,27)28)13-32-17-7-5-15(6-8-17)9-22-19(29)11-23(30)37-22/h2-8,10,21-22H,9,11-13H2,1H3. The molecule has 4 rings (SSSR count). The van der Waals surface area contributed by atoms with E-state index in [1.165, 1.54) is 19.1 Å². The summed E-state index contributed by atoms with van der Waals surface area (Å²) in [5.41, 5.74) is 1.19. The number of alkyl halides is 3. The fourth-order valence-corrected chi connectivity index (χ4v) is 4.65. The Labute approximate surface area is 212 Å². The van der Waals surface area contributed by atoms with Crippen molar-refractivity contribution in [3.05, 3.63) is 81.8 Å². The van der Waals surface area contributed by atoms with Crippen LogP contribution in [0, 0.1) is 6.92 Å². The van der Waals surface area contributed by atoms with Gasteiger partial charge in [0.2, 0.25) is 0 Å². The zero-order valence-electron chi connectivity index (χ0n) is 19.4. The Morgan fingerprint density at radius 2 is 1.81 bits per heavy atom. The third-order valence-electron chi connectivity index (χ3n) is 5.41. The van der Waals surface area contributed by atoms with Gasteiger partial charge in [-0.2, -0.15) is 0 Å². The third kappa shape index (κ3) is 7.49. The number of hydrogen-bond donors (Lipinski definition) is 0. The molecule has 3 aromatic rings. The molecule has 0 radical (unpaired) electrons. The van der Waals surface area contributed by atoms with E-state index in [0.717, 1.165) is 23.4 Å². The number of halogens is 3. The Bertz CT molecular complexity index is 1310. The van der Waals surface area contributed by atoms with Crippen molar-refractivity contribution < 1.29 is 45.8 Å². The first-order valence-electron chi connectivity index (χ1n) is 11.1. The lowest BCUT2D eigenvalue weighted by Crippen LogP contribution is -2.18. The van der Waals surface area contributed by atoms with Crippen LogP contribution in [-0.2, 0) is 27.4 Å². The minimum Gasteiger partial charge on any atom is -0.491 e. The van der Waals surface area contributed by atoms with Crippen molar-refractivity contribution in [1.82, 2.24) is 0 Å². The van der Waals surface area contributed by atoms with Crippen LogP contribution in [0.15, 0.2) is 62.2 Å². The Morgan fingerprint density at radius 1 is 1.05 bits per heavy atom. The molecule has 0 spiro atoms. The van der Waals surface area contributed by atoms with Crippen molar-refractivity contribution in [2.75, 3.05) is 6.61 Å². The highest BCUT2D eigenvalue weighted by molar-refractivity contribution is 8.15. The molecule has 2 unspecified atom stereocenters. The number of aryl methyl sites for hydroxylation is 1. The Balaban J connectivity index is 1.45. The number of Topliss-reactive ketones (excluding diaryl/α,β-unsaturated/α-hetero) is 1. The van der Waals surface area contributed by atoms with Crippen LogP contribution in [0.25, 0.3) is 0 Å². The van der Waals surface area contributed by atoms with Gasteiger partial charge < -0.3 is 23.0 Å². The second-order valence-electron chi connectivity index (χ2n) is 8.13. The fourth-order valence-electron chi connectivity index (χ4n) is 3.62. The first-order chi connectivity index (χ1) is 17.6. The van der Waals surface area contributed by atoms with Gasteiger partial charge in [0.1, 0.15) is 36.6 Å². The number of ether oxygens (including phenoxy) is 3. The van der Waals surface area contributed by atoms with Crippen molar-refractivity contribution >= 4 is 22.7 Å². The van der Waals surface area contributed by atoms with Gasteiger partial charge in [0.25, 0.3) is 0 Å². The van der Waals surface area contributed by atoms with E-state index < -0.39 is 29.3 Å². The summed E-state index contributed by atoms with van der Waals surface area (Å²) in [6.07, 6.45) is -5.36. The van der Waals surface area contributed by atoms with Gasteiger partial charge in [-0.05, 0) is 48.7 Å². The van der Waals surface area contributed by atoms with Crippen molar-refractivity contribution in [1.29, 1.82) is 0 Å². The van der Waals surface area contributed by atoms with Gasteiger partial charge >= 0.3 is 12.2 Å². The molecule has 1 aliphatic heterocycles. The van der Waals surface area contributed by atoms with Gasteiger partial charge in [-0.15, -0.1) is 13.2 Å². The Morgan fingerprint density at radius 3 is 2.43 bits per heavy atom. The smallest absolute Gasteiger partial charge is 0.491 e. The number of thioether (sulfide) groups is 1. The minimum atomic E-state index is -4.86. The molecular weight excluding hydrogens is 517 g/mol. The highest BCUT2D eigenvalue weighted by Gasteiger charge is 2.32. The Hall–Kier alpha value is -3.51. The van der Waals surface area contributed by atoms with Gasteiger partial charge in [0.15, 0.2) is 16.7 Å². The molecule has 1 aromatic heterocycles. The number of ketones is 1. The molecule has 2 heterocycles. The molecule has 1 saturated heterocycles. The summed E-state index contributed by atoms with van der Waals surface area (Å²) in [4.78, 5) is 34.6. The van der Waals surface area contributed by atoms with Crippen LogP contribution in [0.1, 0.15) is 35.2 Å². The Kier molecular flexibility index (Phi) is 8.08. The third-order valence-corrected chi connectivity index (χ3v) is 6.53. The summed E-state index contributed by atoms with van der Waals surface area (Å²) >= 11 is 1.04. The predicted molar refractivity (Wildman–Crippen MR) is 124 cm³/mol. The number of benzene rings is 2. The second kappa shape index (κ2) is 11.3. The molecule has 1 aliphatic rings. The highest BCUT2D eigenvalue weighted by Crippen LogP contribution is 2.30. The lowest BCUT2D eigenvalue weighted by molar-refractivity contribution is -0.274. The molecule has 37 heavy (non-hydrogen) atoms. The summed E-state index contributed by atoms with van der Waals surface area (Å²) < 4.78 is 63.5. The minimum absolute atomic E-state index is 0.0467. The monoisotopic (exact) mass is 538 g/mol. The predicted octanol–water partition coefficient (Wildman–Crippen LogP) is 4.92. The van der Waals surface area contributed by atoms with E-state index in [2.05, 4.69) is 4.74 Å². The molecule has 8 nitrogen and oxygen atoms in total. The van der Waals surface area contributed by atoms with Gasteiger partial charge in [0.05, 0.1) is 11.7 Å². The molecule has 0 N–H and O–H groups in total. The first-order valence-corrected chi connectivity index (χ1v) is 11.9. The maximum Gasteiger partial charge on any atom is 0.573 e. The summed E-state index contributed by atoms with van der Waals surface area (Å²) in [5.74, 6) is -0.600. The zero-order valence-corrected chi connectivity index (χ0v) is 20.2. The molecule has 12 heteroatoms. The van der Waals surface area contributed by atoms with E-state index in [1.54, 1.807) is 30.3 Å². The average Bonchev–Trinajstić information content (AvgIpc) is 3.32. The molecule has 0 aliphatic carbocycles. The van der Waals surface area contributed by atoms with E-state index in [9.17, 15) is 27.6 Å². The van der Waals surface area contributed by atoms with Gasteiger partial charge in [0, 0.05) is 0 Å². The van der Waals surface area contributed by atoms with Crippen LogP contribution in [-0.4, -0.2) is 29.1 Å². The average molecular weight is 538 g/mol. The van der Waals surface area contributed by atoms with E-state index in [0.29, 0.717) is 17.7 Å². The highest BCUT2D eigenvalue weighted by atomic mass is 32.2. The van der Waals surface area contributed by atoms with Crippen molar-refractivity contribution in [3.8, 4) is 11.5 Å². The zero-order chi connectivity index (χ0) is 26.6. The lowest BCUT2D eigenvalue weighted by atomic mass is 10.1. The van der Waals surface area contributed by atoms with Gasteiger partial charge in [-0.25, -0.2) is 4.79 Å². The number of rotatable bonds is 10. The fraction of sp³-hybridized carbons (Fsp3) is 0.320. The van der Waals surface area contributed by atoms with E-state index in [-0.39, 0.29) is 42.1 Å². The van der Waals surface area contributed by atoms with Crippen molar-refractivity contribution in [2.24, 2.45) is 0 Å². The normalized spacial score (nSPS) is 16.7.